The zero-order valence-corrected chi connectivity index (χ0v) is 12.8. The van der Waals surface area contributed by atoms with Crippen LogP contribution in [-0.4, -0.2) is 17.5 Å². The highest BCUT2D eigenvalue weighted by Crippen LogP contribution is 2.18. The molecule has 1 N–H and O–H groups in total. The van der Waals surface area contributed by atoms with E-state index in [1.54, 1.807) is 6.20 Å². The molecule has 0 bridgehead atoms. The van der Waals surface area contributed by atoms with E-state index in [1.807, 2.05) is 31.2 Å². The number of ether oxygens (including phenoxy) is 1. The van der Waals surface area contributed by atoms with Crippen LogP contribution in [0.4, 0.5) is 5.13 Å². The van der Waals surface area contributed by atoms with Gasteiger partial charge in [-0.3, -0.25) is 4.79 Å². The number of hydrogen-bond donors (Lipinski definition) is 1. The largest absolute Gasteiger partial charge is 0.493 e. The molecule has 0 atom stereocenters. The Kier molecular flexibility index (Phi) is 4.93. The van der Waals surface area contributed by atoms with Crippen molar-refractivity contribution in [2.24, 2.45) is 0 Å². The Morgan fingerprint density at radius 2 is 2.37 bits per heavy atom. The Morgan fingerprint density at radius 1 is 1.53 bits per heavy atom. The number of carbonyl (C=O) groups excluding carboxylic acids is 1. The van der Waals surface area contributed by atoms with Crippen LogP contribution in [0.2, 0.25) is 0 Å². The summed E-state index contributed by atoms with van der Waals surface area (Å²) in [6.45, 7) is 2.29. The van der Waals surface area contributed by atoms with Gasteiger partial charge in [-0.2, -0.15) is 0 Å². The maximum Gasteiger partial charge on any atom is 0.229 e. The van der Waals surface area contributed by atoms with Crippen molar-refractivity contribution < 1.29 is 9.53 Å². The van der Waals surface area contributed by atoms with Crippen LogP contribution in [0.15, 0.2) is 34.9 Å². The summed E-state index contributed by atoms with van der Waals surface area (Å²) >= 11 is 4.82. The standard InChI is InChI=1S/C13H13BrN2O2S/c1-9-8-15-13(19-9)16-12(17)5-6-18-11-4-2-3-10(14)7-11/h2-4,7-8H,5-6H2,1H3,(H,15,16,17). The molecule has 1 amide bonds. The first-order valence-corrected chi connectivity index (χ1v) is 7.35. The maximum atomic E-state index is 11.6. The summed E-state index contributed by atoms with van der Waals surface area (Å²) in [5.74, 6) is 0.650. The van der Waals surface area contributed by atoms with Gasteiger partial charge in [0.1, 0.15) is 5.75 Å². The fourth-order valence-electron chi connectivity index (χ4n) is 1.41. The summed E-state index contributed by atoms with van der Waals surface area (Å²) in [7, 11) is 0. The van der Waals surface area contributed by atoms with Crippen LogP contribution in [-0.2, 0) is 4.79 Å². The minimum atomic E-state index is -0.0932. The lowest BCUT2D eigenvalue weighted by Crippen LogP contribution is -2.14. The fraction of sp³-hybridized carbons (Fsp3) is 0.231. The lowest BCUT2D eigenvalue weighted by molar-refractivity contribution is -0.116. The van der Waals surface area contributed by atoms with Crippen molar-refractivity contribution in [3.05, 3.63) is 39.8 Å². The van der Waals surface area contributed by atoms with Gasteiger partial charge in [-0.1, -0.05) is 22.0 Å². The normalized spacial score (nSPS) is 10.2. The molecule has 0 saturated heterocycles. The van der Waals surface area contributed by atoms with Crippen molar-refractivity contribution in [2.75, 3.05) is 11.9 Å². The number of benzene rings is 1. The number of anilines is 1. The smallest absolute Gasteiger partial charge is 0.229 e. The third-order valence-electron chi connectivity index (χ3n) is 2.26. The van der Waals surface area contributed by atoms with Gasteiger partial charge in [0.25, 0.3) is 0 Å². The second-order valence-electron chi connectivity index (χ2n) is 3.88. The molecule has 0 radical (unpaired) electrons. The number of hydrogen-bond acceptors (Lipinski definition) is 4. The van der Waals surface area contributed by atoms with E-state index in [4.69, 9.17) is 4.74 Å². The molecule has 2 aromatic rings. The minimum absolute atomic E-state index is 0.0932. The first-order chi connectivity index (χ1) is 9.13. The molecule has 0 spiro atoms. The average Bonchev–Trinajstić information content (AvgIpc) is 2.75. The molecule has 0 aliphatic heterocycles. The Morgan fingerprint density at radius 3 is 3.05 bits per heavy atom. The van der Waals surface area contributed by atoms with Crippen LogP contribution in [0.1, 0.15) is 11.3 Å². The summed E-state index contributed by atoms with van der Waals surface area (Å²) in [4.78, 5) is 16.8. The van der Waals surface area contributed by atoms with Crippen LogP contribution in [0, 0.1) is 6.92 Å². The lowest BCUT2D eigenvalue weighted by atomic mass is 10.3. The molecular formula is C13H13BrN2O2S. The quantitative estimate of drug-likeness (QED) is 0.904. The van der Waals surface area contributed by atoms with E-state index in [1.165, 1.54) is 11.3 Å². The van der Waals surface area contributed by atoms with Gasteiger partial charge >= 0.3 is 0 Å². The molecule has 0 aliphatic rings. The van der Waals surface area contributed by atoms with Crippen LogP contribution in [0.25, 0.3) is 0 Å². The molecule has 0 fully saturated rings. The van der Waals surface area contributed by atoms with Gasteiger partial charge in [0.05, 0.1) is 13.0 Å². The highest BCUT2D eigenvalue weighted by atomic mass is 79.9. The molecule has 1 aromatic heterocycles. The van der Waals surface area contributed by atoms with Gasteiger partial charge < -0.3 is 10.1 Å². The van der Waals surface area contributed by atoms with Crippen molar-refractivity contribution in [1.29, 1.82) is 0 Å². The minimum Gasteiger partial charge on any atom is -0.493 e. The topological polar surface area (TPSA) is 51.2 Å². The monoisotopic (exact) mass is 340 g/mol. The number of amides is 1. The highest BCUT2D eigenvalue weighted by Gasteiger charge is 2.05. The summed E-state index contributed by atoms with van der Waals surface area (Å²) in [5, 5.41) is 3.37. The van der Waals surface area contributed by atoms with Gasteiger partial charge in [-0.05, 0) is 25.1 Å². The predicted molar refractivity (Wildman–Crippen MR) is 79.7 cm³/mol. The van der Waals surface area contributed by atoms with E-state index in [0.717, 1.165) is 15.1 Å². The van der Waals surface area contributed by atoms with E-state index >= 15 is 0 Å². The summed E-state index contributed by atoms with van der Waals surface area (Å²) in [6, 6.07) is 7.52. The molecule has 1 aromatic carbocycles. The number of aromatic nitrogens is 1. The molecule has 1 heterocycles. The van der Waals surface area contributed by atoms with E-state index in [2.05, 4.69) is 26.2 Å². The van der Waals surface area contributed by atoms with Crippen LogP contribution >= 0.6 is 27.3 Å². The Bertz CT molecular complexity index is 571. The number of halogens is 1. The van der Waals surface area contributed by atoms with Crippen molar-refractivity contribution in [3.8, 4) is 5.75 Å². The van der Waals surface area contributed by atoms with Gasteiger partial charge in [-0.25, -0.2) is 4.98 Å². The lowest BCUT2D eigenvalue weighted by Gasteiger charge is -2.06. The number of nitrogens with one attached hydrogen (secondary N) is 1. The maximum absolute atomic E-state index is 11.6. The summed E-state index contributed by atoms with van der Waals surface area (Å²) in [6.07, 6.45) is 2.03. The first-order valence-electron chi connectivity index (χ1n) is 5.74. The van der Waals surface area contributed by atoms with E-state index < -0.39 is 0 Å². The zero-order chi connectivity index (χ0) is 13.7. The Balaban J connectivity index is 1.75. The number of carbonyl (C=O) groups is 1. The van der Waals surface area contributed by atoms with Crippen molar-refractivity contribution in [3.63, 3.8) is 0 Å². The molecule has 0 saturated carbocycles. The molecule has 2 rings (SSSR count). The molecular weight excluding hydrogens is 328 g/mol. The van der Waals surface area contributed by atoms with Crippen molar-refractivity contribution >= 4 is 38.3 Å². The molecule has 0 aliphatic carbocycles. The van der Waals surface area contributed by atoms with Crippen LogP contribution in [0.5, 0.6) is 5.75 Å². The van der Waals surface area contributed by atoms with Crippen LogP contribution < -0.4 is 10.1 Å². The van der Waals surface area contributed by atoms with Gasteiger partial charge in [0.15, 0.2) is 5.13 Å². The first kappa shape index (κ1) is 14.0. The highest BCUT2D eigenvalue weighted by molar-refractivity contribution is 9.10. The Hall–Kier alpha value is -1.40. The van der Waals surface area contributed by atoms with Crippen molar-refractivity contribution in [1.82, 2.24) is 4.98 Å². The Labute approximate surface area is 124 Å². The molecule has 6 heteroatoms. The van der Waals surface area contributed by atoms with Crippen molar-refractivity contribution in [2.45, 2.75) is 13.3 Å². The van der Waals surface area contributed by atoms with Gasteiger partial charge in [0.2, 0.25) is 5.91 Å². The number of aryl methyl sites for hydroxylation is 1. The summed E-state index contributed by atoms with van der Waals surface area (Å²) < 4.78 is 6.44. The molecule has 0 unspecified atom stereocenters. The van der Waals surface area contributed by atoms with E-state index in [9.17, 15) is 4.79 Å². The second kappa shape index (κ2) is 6.68. The van der Waals surface area contributed by atoms with E-state index in [0.29, 0.717) is 18.2 Å². The molecule has 100 valence electrons. The van der Waals surface area contributed by atoms with Crippen LogP contribution in [0.3, 0.4) is 0 Å². The zero-order valence-electron chi connectivity index (χ0n) is 10.4. The number of nitrogens with zero attached hydrogens (tertiary/aromatic N) is 1. The number of rotatable bonds is 5. The average molecular weight is 341 g/mol. The third kappa shape index (κ3) is 4.65. The predicted octanol–water partition coefficient (Wildman–Crippen LogP) is 3.62. The SMILES string of the molecule is Cc1cnc(NC(=O)CCOc2cccc(Br)c2)s1. The van der Waals surface area contributed by atoms with Gasteiger partial charge in [0, 0.05) is 15.5 Å². The van der Waals surface area contributed by atoms with E-state index in [-0.39, 0.29) is 5.91 Å². The van der Waals surface area contributed by atoms with Gasteiger partial charge in [-0.15, -0.1) is 11.3 Å². The number of thiazole rings is 1. The molecule has 19 heavy (non-hydrogen) atoms. The fourth-order valence-corrected chi connectivity index (χ4v) is 2.47. The third-order valence-corrected chi connectivity index (χ3v) is 3.58. The molecule has 4 nitrogen and oxygen atoms in total. The second-order valence-corrected chi connectivity index (χ2v) is 6.03. The summed E-state index contributed by atoms with van der Waals surface area (Å²) in [5.41, 5.74) is 0.